The van der Waals surface area contributed by atoms with Gasteiger partial charge in [0, 0.05) is 23.6 Å². The average molecular weight is 663 g/mol. The second kappa shape index (κ2) is 14.2. The van der Waals surface area contributed by atoms with Gasteiger partial charge in [0.25, 0.3) is 0 Å². The largest absolute Gasteiger partial charge is 0.573 e. The van der Waals surface area contributed by atoms with Gasteiger partial charge in [-0.25, -0.2) is 9.79 Å². The summed E-state index contributed by atoms with van der Waals surface area (Å²) in [4.78, 5) is 35.8. The van der Waals surface area contributed by atoms with Crippen molar-refractivity contribution in [1.82, 2.24) is 10.7 Å². The van der Waals surface area contributed by atoms with Gasteiger partial charge < -0.3 is 10.1 Å². The van der Waals surface area contributed by atoms with Crippen molar-refractivity contribution in [2.24, 2.45) is 9.98 Å². The number of aliphatic imine (C=N–C) groups is 2. The van der Waals surface area contributed by atoms with Crippen LogP contribution in [-0.4, -0.2) is 47.8 Å². The van der Waals surface area contributed by atoms with Crippen molar-refractivity contribution in [2.45, 2.75) is 52.4 Å². The monoisotopic (exact) mass is 662 g/mol. The molecule has 2 aliphatic rings. The van der Waals surface area contributed by atoms with Crippen LogP contribution in [0.3, 0.4) is 0 Å². The predicted molar refractivity (Wildman–Crippen MR) is 179 cm³/mol. The van der Waals surface area contributed by atoms with Crippen LogP contribution in [-0.2, 0) is 4.79 Å². The van der Waals surface area contributed by atoms with Crippen LogP contribution in [0.15, 0.2) is 76.7 Å². The Bertz CT molecular complexity index is 1760. The van der Waals surface area contributed by atoms with Crippen molar-refractivity contribution in [3.05, 3.63) is 89.0 Å². The number of anilines is 2. The van der Waals surface area contributed by atoms with Crippen LogP contribution in [0.1, 0.15) is 55.4 Å². The van der Waals surface area contributed by atoms with Crippen LogP contribution < -0.4 is 25.4 Å². The van der Waals surface area contributed by atoms with E-state index in [-0.39, 0.29) is 36.0 Å². The molecule has 1 unspecified atom stereocenters. The zero-order chi connectivity index (χ0) is 33.7. The third kappa shape index (κ3) is 8.65. The van der Waals surface area contributed by atoms with E-state index in [1.54, 1.807) is 9.91 Å². The fourth-order valence-corrected chi connectivity index (χ4v) is 5.74. The zero-order valence-electron chi connectivity index (χ0n) is 26.2. The van der Waals surface area contributed by atoms with E-state index in [1.165, 1.54) is 36.0 Å². The van der Waals surface area contributed by atoms with Gasteiger partial charge in [-0.3, -0.25) is 20.1 Å². The van der Waals surface area contributed by atoms with E-state index in [4.69, 9.17) is 0 Å². The molecule has 1 saturated heterocycles. The lowest BCUT2D eigenvalue weighted by molar-refractivity contribution is -0.274. The molecule has 0 aliphatic carbocycles. The van der Waals surface area contributed by atoms with Crippen LogP contribution in [0, 0.1) is 18.8 Å². The molecule has 0 aromatic heterocycles. The lowest BCUT2D eigenvalue weighted by Gasteiger charge is -2.22. The van der Waals surface area contributed by atoms with E-state index in [9.17, 15) is 22.8 Å². The second-order valence-electron chi connectivity index (χ2n) is 11.3. The van der Waals surface area contributed by atoms with E-state index >= 15 is 0 Å². The van der Waals surface area contributed by atoms with Crippen LogP contribution in [0.4, 0.5) is 29.3 Å². The van der Waals surface area contributed by atoms with Crippen molar-refractivity contribution in [3.8, 4) is 17.6 Å². The minimum atomic E-state index is -4.75. The molecule has 244 valence electrons. The number of aryl methyl sites for hydroxylation is 1. The van der Waals surface area contributed by atoms with Crippen molar-refractivity contribution < 1.29 is 27.5 Å². The van der Waals surface area contributed by atoms with E-state index < -0.39 is 12.4 Å². The lowest BCUT2D eigenvalue weighted by Crippen LogP contribution is -2.36. The second-order valence-corrected chi connectivity index (χ2v) is 12.2. The molecule has 3 aromatic carbocycles. The first kappa shape index (κ1) is 33.4. The molecule has 1 fully saturated rings. The number of hydrogen-bond acceptors (Lipinski definition) is 7. The molecule has 5 rings (SSSR count). The van der Waals surface area contributed by atoms with Crippen molar-refractivity contribution in [2.75, 3.05) is 22.3 Å². The number of hydrazine groups is 1. The summed E-state index contributed by atoms with van der Waals surface area (Å²) >= 11 is 1.24. The number of amidine groups is 2. The number of amides is 3. The van der Waals surface area contributed by atoms with Gasteiger partial charge in [0.05, 0.1) is 17.1 Å². The molecule has 2 heterocycles. The number of carbonyl (C=O) groups excluding carboxylic acids is 2. The van der Waals surface area contributed by atoms with Gasteiger partial charge in [-0.15, -0.1) is 13.2 Å². The number of nitrogens with one attached hydrogen (secondary N) is 2. The van der Waals surface area contributed by atoms with E-state index in [0.29, 0.717) is 23.1 Å². The first-order valence-corrected chi connectivity index (χ1v) is 15.8. The van der Waals surface area contributed by atoms with Crippen molar-refractivity contribution in [1.29, 1.82) is 0 Å². The maximum Gasteiger partial charge on any atom is 0.573 e. The third-order valence-electron chi connectivity index (χ3n) is 7.17. The van der Waals surface area contributed by atoms with Crippen LogP contribution >= 0.6 is 11.8 Å². The van der Waals surface area contributed by atoms with Gasteiger partial charge in [0.1, 0.15) is 18.3 Å². The quantitative estimate of drug-likeness (QED) is 0.273. The van der Waals surface area contributed by atoms with Crippen LogP contribution in [0.2, 0.25) is 0 Å². The molecule has 1 atom stereocenters. The van der Waals surface area contributed by atoms with Crippen molar-refractivity contribution in [3.63, 3.8) is 0 Å². The maximum absolute atomic E-state index is 12.8. The Morgan fingerprint density at radius 3 is 2.51 bits per heavy atom. The Hall–Kier alpha value is -4.96. The number of nitrogens with zero attached hydrogens (tertiary/aromatic N) is 4. The topological polar surface area (TPSA) is 98.6 Å². The summed E-state index contributed by atoms with van der Waals surface area (Å²) in [7, 11) is 0. The summed E-state index contributed by atoms with van der Waals surface area (Å²) in [6, 6.07) is 18.1. The number of halogens is 3. The number of ether oxygens (including phenoxy) is 1. The Balaban J connectivity index is 1.14. The Morgan fingerprint density at radius 1 is 1.11 bits per heavy atom. The Morgan fingerprint density at radius 2 is 1.83 bits per heavy atom. The van der Waals surface area contributed by atoms with Gasteiger partial charge in [0.2, 0.25) is 5.91 Å². The molecule has 3 aromatic rings. The minimum Gasteiger partial charge on any atom is -0.406 e. The minimum absolute atomic E-state index is 0.111. The van der Waals surface area contributed by atoms with Gasteiger partial charge in [-0.1, -0.05) is 49.6 Å². The SMILES string of the molecule is Cc1ccc(C(C)C)c(N2C(=O)CSC2=NC(=O)NC(C)CC#Cc2ccc(C3=NCN(c4ccc(OC(F)(F)F)cc4)N3)cc2)c1. The van der Waals surface area contributed by atoms with Gasteiger partial charge in [-0.2, -0.15) is 4.99 Å². The fraction of sp³-hybridized carbons (Fsp3) is 0.294. The van der Waals surface area contributed by atoms with E-state index in [2.05, 4.69) is 51.2 Å². The number of hydrogen-bond donors (Lipinski definition) is 2. The fourth-order valence-electron chi connectivity index (χ4n) is 4.89. The number of carbonyl (C=O) groups is 2. The molecule has 0 saturated carbocycles. The lowest BCUT2D eigenvalue weighted by atomic mass is 9.99. The molecule has 13 heteroatoms. The Labute approximate surface area is 275 Å². The Kier molecular flexibility index (Phi) is 10.1. The number of benzene rings is 3. The highest BCUT2D eigenvalue weighted by molar-refractivity contribution is 8.15. The number of urea groups is 1. The molecular formula is C34H33F3N6O3S. The average Bonchev–Trinajstić information content (AvgIpc) is 3.64. The smallest absolute Gasteiger partial charge is 0.406 e. The predicted octanol–water partition coefficient (Wildman–Crippen LogP) is 6.72. The number of alkyl halides is 3. The van der Waals surface area contributed by atoms with Gasteiger partial charge >= 0.3 is 12.4 Å². The number of rotatable bonds is 7. The summed E-state index contributed by atoms with van der Waals surface area (Å²) in [5.41, 5.74) is 8.16. The molecule has 0 bridgehead atoms. The van der Waals surface area contributed by atoms with Crippen molar-refractivity contribution >= 4 is 46.1 Å². The maximum atomic E-state index is 12.8. The number of thioether (sulfide) groups is 1. The molecule has 0 spiro atoms. The third-order valence-corrected chi connectivity index (χ3v) is 8.10. The first-order chi connectivity index (χ1) is 22.4. The summed E-state index contributed by atoms with van der Waals surface area (Å²) in [6.45, 7) is 8.21. The molecule has 47 heavy (non-hydrogen) atoms. The molecule has 2 N–H and O–H groups in total. The summed E-state index contributed by atoms with van der Waals surface area (Å²) < 4.78 is 41.2. The zero-order valence-corrected chi connectivity index (χ0v) is 27.0. The summed E-state index contributed by atoms with van der Waals surface area (Å²) in [6.07, 6.45) is -4.36. The first-order valence-electron chi connectivity index (χ1n) is 14.9. The standard InChI is InChI=1S/C34H33F3N6O3S/c1-21(2)28-17-8-22(3)18-29(28)43-30(44)19-47-33(43)40-32(45)39-23(4)6-5-7-24-9-11-25(12-10-24)31-38-20-42(41-31)26-13-15-27(16-14-26)46-34(35,36)37/h8-18,21,23H,6,19-20H2,1-4H3,(H,38,41)(H,39,45). The highest BCUT2D eigenvalue weighted by atomic mass is 32.2. The van der Waals surface area contributed by atoms with Crippen LogP contribution in [0.25, 0.3) is 0 Å². The van der Waals surface area contributed by atoms with Gasteiger partial charge in [0.15, 0.2) is 5.17 Å². The molecule has 0 radical (unpaired) electrons. The molecule has 9 nitrogen and oxygen atoms in total. The molecule has 2 aliphatic heterocycles. The normalized spacial score (nSPS) is 16.1. The van der Waals surface area contributed by atoms with E-state index in [0.717, 1.165) is 27.9 Å². The van der Waals surface area contributed by atoms with E-state index in [1.807, 2.05) is 56.3 Å². The highest BCUT2D eigenvalue weighted by Crippen LogP contribution is 2.34. The van der Waals surface area contributed by atoms with Gasteiger partial charge in [-0.05, 0) is 85.5 Å². The summed E-state index contributed by atoms with van der Waals surface area (Å²) in [5.74, 6) is 6.80. The van der Waals surface area contributed by atoms with Crippen LogP contribution in [0.5, 0.6) is 5.75 Å². The summed E-state index contributed by atoms with van der Waals surface area (Å²) in [5, 5.41) is 4.90. The highest BCUT2D eigenvalue weighted by Gasteiger charge is 2.33. The molecular weight excluding hydrogens is 629 g/mol. The molecule has 3 amide bonds.